The number of carbonyl (C=O) groups excluding carboxylic acids is 1. The van der Waals surface area contributed by atoms with Gasteiger partial charge in [-0.3, -0.25) is 4.79 Å². The van der Waals surface area contributed by atoms with Crippen LogP contribution in [0.15, 0.2) is 0 Å². The summed E-state index contributed by atoms with van der Waals surface area (Å²) in [5.41, 5.74) is 0. The molecule has 0 aromatic carbocycles. The molecule has 0 radical (unpaired) electrons. The molecule has 0 bridgehead atoms. The van der Waals surface area contributed by atoms with E-state index in [1.54, 1.807) is 20.8 Å². The quantitative estimate of drug-likeness (QED) is 0.435. The molecule has 1 unspecified atom stereocenters. The van der Waals surface area contributed by atoms with Gasteiger partial charge in [0.2, 0.25) is 0 Å². The van der Waals surface area contributed by atoms with Crippen LogP contribution in [0.25, 0.3) is 0 Å². The van der Waals surface area contributed by atoms with E-state index in [1.165, 1.54) is 0 Å². The number of aliphatic hydroxyl groups is 3. The Morgan fingerprint density at radius 3 is 2.14 bits per heavy atom. The molecule has 84 valence electrons. The molecule has 0 heterocycles. The van der Waals surface area contributed by atoms with Crippen molar-refractivity contribution in [3.63, 3.8) is 0 Å². The molecule has 14 heavy (non-hydrogen) atoms. The Labute approximate surface area is 83.3 Å². The number of esters is 1. The minimum atomic E-state index is -2.96. The molecule has 5 nitrogen and oxygen atoms in total. The number of ether oxygens (including phenoxy) is 1. The summed E-state index contributed by atoms with van der Waals surface area (Å²) in [5, 5.41) is 26.6. The average molecular weight is 206 g/mol. The fourth-order valence-electron chi connectivity index (χ4n) is 0.870. The van der Waals surface area contributed by atoms with Crippen LogP contribution in [-0.2, 0) is 9.53 Å². The summed E-state index contributed by atoms with van der Waals surface area (Å²) in [6, 6.07) is 0. The first-order chi connectivity index (χ1) is 6.29. The maximum atomic E-state index is 11.1. The Balaban J connectivity index is 4.31. The SMILES string of the molecule is CCCC(OC(=O)C(C)C)C(O)(O)O. The first-order valence-corrected chi connectivity index (χ1v) is 4.66. The fraction of sp³-hybridized carbons (Fsp3) is 0.889. The van der Waals surface area contributed by atoms with E-state index in [4.69, 9.17) is 20.1 Å². The third kappa shape index (κ3) is 4.55. The molecule has 0 saturated carbocycles. The van der Waals surface area contributed by atoms with E-state index in [2.05, 4.69) is 0 Å². The van der Waals surface area contributed by atoms with E-state index in [1.807, 2.05) is 0 Å². The van der Waals surface area contributed by atoms with Crippen molar-refractivity contribution >= 4 is 5.97 Å². The lowest BCUT2D eigenvalue weighted by molar-refractivity contribution is -0.357. The van der Waals surface area contributed by atoms with Gasteiger partial charge in [-0.05, 0) is 6.42 Å². The minimum absolute atomic E-state index is 0.196. The summed E-state index contributed by atoms with van der Waals surface area (Å²) in [5.74, 6) is -3.89. The van der Waals surface area contributed by atoms with E-state index in [0.717, 1.165) is 0 Å². The van der Waals surface area contributed by atoms with Gasteiger partial charge in [0.15, 0.2) is 6.10 Å². The van der Waals surface area contributed by atoms with Gasteiger partial charge in [0.1, 0.15) is 0 Å². The van der Waals surface area contributed by atoms with Gasteiger partial charge in [0.25, 0.3) is 0 Å². The number of carbonyl (C=O) groups is 1. The molecule has 0 saturated heterocycles. The molecule has 0 spiro atoms. The van der Waals surface area contributed by atoms with Crippen molar-refractivity contribution in [3.05, 3.63) is 0 Å². The number of hydrogen-bond acceptors (Lipinski definition) is 5. The topological polar surface area (TPSA) is 87.0 Å². The molecule has 5 heteroatoms. The van der Waals surface area contributed by atoms with Crippen LogP contribution in [0, 0.1) is 5.92 Å². The summed E-state index contributed by atoms with van der Waals surface area (Å²) < 4.78 is 4.73. The Morgan fingerprint density at radius 2 is 1.86 bits per heavy atom. The maximum absolute atomic E-state index is 11.1. The second-order valence-electron chi connectivity index (χ2n) is 3.56. The maximum Gasteiger partial charge on any atom is 0.314 e. The van der Waals surface area contributed by atoms with Gasteiger partial charge in [-0.1, -0.05) is 27.2 Å². The van der Waals surface area contributed by atoms with Gasteiger partial charge in [0.05, 0.1) is 5.92 Å². The second-order valence-corrected chi connectivity index (χ2v) is 3.56. The summed E-state index contributed by atoms with van der Waals surface area (Å²) in [4.78, 5) is 11.1. The molecule has 0 aliphatic heterocycles. The summed E-state index contributed by atoms with van der Waals surface area (Å²) in [6.07, 6.45) is -0.524. The standard InChI is InChI=1S/C9H18O5/c1-4-5-7(9(11,12)13)14-8(10)6(2)3/h6-7,11-13H,4-5H2,1-3H3. The van der Waals surface area contributed by atoms with Crippen LogP contribution in [0.1, 0.15) is 33.6 Å². The highest BCUT2D eigenvalue weighted by molar-refractivity contribution is 5.71. The zero-order chi connectivity index (χ0) is 11.4. The van der Waals surface area contributed by atoms with Gasteiger partial charge >= 0.3 is 11.9 Å². The van der Waals surface area contributed by atoms with Crippen LogP contribution in [0.5, 0.6) is 0 Å². The van der Waals surface area contributed by atoms with Crippen molar-refractivity contribution < 1.29 is 24.9 Å². The Kier molecular flexibility index (Phi) is 5.04. The van der Waals surface area contributed by atoms with Crippen molar-refractivity contribution in [1.82, 2.24) is 0 Å². The van der Waals surface area contributed by atoms with Crippen LogP contribution in [0.4, 0.5) is 0 Å². The van der Waals surface area contributed by atoms with Crippen molar-refractivity contribution in [2.24, 2.45) is 5.92 Å². The highest BCUT2D eigenvalue weighted by Gasteiger charge is 2.35. The highest BCUT2D eigenvalue weighted by atomic mass is 16.7. The normalized spacial score (nSPS) is 14.2. The van der Waals surface area contributed by atoms with E-state index < -0.39 is 18.0 Å². The molecule has 0 aliphatic carbocycles. The van der Waals surface area contributed by atoms with Crippen LogP contribution >= 0.6 is 0 Å². The Morgan fingerprint density at radius 1 is 1.36 bits per heavy atom. The molecule has 3 N–H and O–H groups in total. The van der Waals surface area contributed by atoms with E-state index in [9.17, 15) is 4.79 Å². The summed E-state index contributed by atoms with van der Waals surface area (Å²) in [6.45, 7) is 5.03. The average Bonchev–Trinajstić information content (AvgIpc) is 2.01. The predicted octanol–water partition coefficient (Wildman–Crippen LogP) is -0.0150. The molecule has 0 aromatic rings. The molecule has 1 atom stereocenters. The second kappa shape index (κ2) is 5.29. The van der Waals surface area contributed by atoms with Crippen molar-refractivity contribution in [3.8, 4) is 0 Å². The third-order valence-electron chi connectivity index (χ3n) is 1.71. The van der Waals surface area contributed by atoms with Crippen LogP contribution < -0.4 is 0 Å². The van der Waals surface area contributed by atoms with Crippen molar-refractivity contribution in [1.29, 1.82) is 0 Å². The molecule has 0 amide bonds. The van der Waals surface area contributed by atoms with Crippen LogP contribution in [-0.4, -0.2) is 33.4 Å². The first-order valence-electron chi connectivity index (χ1n) is 4.66. The summed E-state index contributed by atoms with van der Waals surface area (Å²) in [7, 11) is 0. The van der Waals surface area contributed by atoms with Gasteiger partial charge in [-0.25, -0.2) is 0 Å². The minimum Gasteiger partial charge on any atom is -0.454 e. The number of rotatable bonds is 5. The Hall–Kier alpha value is -0.650. The van der Waals surface area contributed by atoms with Gasteiger partial charge in [-0.15, -0.1) is 0 Å². The molecule has 0 aliphatic rings. The molecule has 0 rings (SSSR count). The third-order valence-corrected chi connectivity index (χ3v) is 1.71. The Bertz CT molecular complexity index is 182. The highest BCUT2D eigenvalue weighted by Crippen LogP contribution is 2.15. The molecular weight excluding hydrogens is 188 g/mol. The molecule has 0 fully saturated rings. The smallest absolute Gasteiger partial charge is 0.314 e. The lowest BCUT2D eigenvalue weighted by atomic mass is 10.1. The van der Waals surface area contributed by atoms with Crippen molar-refractivity contribution in [2.45, 2.75) is 45.7 Å². The lowest BCUT2D eigenvalue weighted by Gasteiger charge is -2.26. The summed E-state index contributed by atoms with van der Waals surface area (Å²) >= 11 is 0. The van der Waals surface area contributed by atoms with Crippen LogP contribution in [0.2, 0.25) is 0 Å². The van der Waals surface area contributed by atoms with E-state index >= 15 is 0 Å². The first kappa shape index (κ1) is 13.4. The van der Waals surface area contributed by atoms with Gasteiger partial charge in [-0.2, -0.15) is 0 Å². The molecular formula is C9H18O5. The number of hydrogen-bond donors (Lipinski definition) is 3. The molecule has 0 aromatic heterocycles. The van der Waals surface area contributed by atoms with E-state index in [0.29, 0.717) is 6.42 Å². The zero-order valence-electron chi connectivity index (χ0n) is 8.73. The van der Waals surface area contributed by atoms with Gasteiger partial charge < -0.3 is 20.1 Å². The monoisotopic (exact) mass is 206 g/mol. The van der Waals surface area contributed by atoms with Gasteiger partial charge in [0, 0.05) is 0 Å². The zero-order valence-corrected chi connectivity index (χ0v) is 8.73. The lowest BCUT2D eigenvalue weighted by Crippen LogP contribution is -2.45. The largest absolute Gasteiger partial charge is 0.454 e. The van der Waals surface area contributed by atoms with Crippen LogP contribution in [0.3, 0.4) is 0 Å². The van der Waals surface area contributed by atoms with E-state index in [-0.39, 0.29) is 12.3 Å². The van der Waals surface area contributed by atoms with Crippen molar-refractivity contribution in [2.75, 3.05) is 0 Å². The predicted molar refractivity (Wildman–Crippen MR) is 49.0 cm³/mol. The fourth-order valence-corrected chi connectivity index (χ4v) is 0.870.